The van der Waals surface area contributed by atoms with E-state index in [-0.39, 0.29) is 17.7 Å². The molecule has 3 rings (SSSR count). The maximum Gasteiger partial charge on any atom is 0.307 e. The standard InChI is InChI=1S/C17H12FNO3/c18-14-6-2-1-5-13(14)17(22)15-9-11(10-16(20)21)8-12-4-3-7-19(12)15/h1-9H,10H2,(H,20,21). The highest BCUT2D eigenvalue weighted by Gasteiger charge is 2.17. The minimum atomic E-state index is -0.986. The molecule has 4 nitrogen and oxygen atoms in total. The molecule has 0 fully saturated rings. The number of ketones is 1. The van der Waals surface area contributed by atoms with E-state index in [0.717, 1.165) is 0 Å². The van der Waals surface area contributed by atoms with Crippen molar-refractivity contribution < 1.29 is 19.1 Å². The molecule has 1 aromatic carbocycles. The number of pyridine rings is 1. The second kappa shape index (κ2) is 5.44. The van der Waals surface area contributed by atoms with Gasteiger partial charge in [0.15, 0.2) is 0 Å². The van der Waals surface area contributed by atoms with Crippen LogP contribution in [0.15, 0.2) is 54.7 Å². The van der Waals surface area contributed by atoms with Gasteiger partial charge in [0.1, 0.15) is 5.82 Å². The first-order valence-electron chi connectivity index (χ1n) is 6.67. The van der Waals surface area contributed by atoms with Crippen molar-refractivity contribution in [2.75, 3.05) is 0 Å². The molecule has 1 N–H and O–H groups in total. The number of hydrogen-bond donors (Lipinski definition) is 1. The summed E-state index contributed by atoms with van der Waals surface area (Å²) in [4.78, 5) is 23.5. The lowest BCUT2D eigenvalue weighted by molar-refractivity contribution is -0.136. The lowest BCUT2D eigenvalue weighted by Gasteiger charge is -2.09. The summed E-state index contributed by atoms with van der Waals surface area (Å²) in [5.41, 5.74) is 1.39. The molecule has 0 saturated carbocycles. The molecule has 0 amide bonds. The average molecular weight is 297 g/mol. The number of benzene rings is 1. The molecule has 3 aromatic rings. The zero-order valence-electron chi connectivity index (χ0n) is 11.5. The molecule has 0 aliphatic rings. The maximum atomic E-state index is 13.8. The normalized spacial score (nSPS) is 10.8. The highest BCUT2D eigenvalue weighted by molar-refractivity contribution is 6.08. The van der Waals surface area contributed by atoms with Gasteiger partial charge < -0.3 is 9.51 Å². The van der Waals surface area contributed by atoms with Crippen molar-refractivity contribution in [1.29, 1.82) is 0 Å². The third kappa shape index (κ3) is 2.48. The second-order valence-corrected chi connectivity index (χ2v) is 4.93. The summed E-state index contributed by atoms with van der Waals surface area (Å²) in [6.07, 6.45) is 1.49. The summed E-state index contributed by atoms with van der Waals surface area (Å²) in [6.45, 7) is 0. The number of carboxylic acids is 1. The topological polar surface area (TPSA) is 58.8 Å². The second-order valence-electron chi connectivity index (χ2n) is 4.93. The highest BCUT2D eigenvalue weighted by Crippen LogP contribution is 2.18. The monoisotopic (exact) mass is 297 g/mol. The number of carboxylic acid groups (broad SMARTS) is 1. The Bertz CT molecular complexity index is 882. The van der Waals surface area contributed by atoms with Crippen molar-refractivity contribution in [3.05, 3.63) is 77.4 Å². The van der Waals surface area contributed by atoms with Crippen molar-refractivity contribution in [3.8, 4) is 0 Å². The van der Waals surface area contributed by atoms with Gasteiger partial charge >= 0.3 is 5.97 Å². The van der Waals surface area contributed by atoms with Gasteiger partial charge in [-0.05, 0) is 42.0 Å². The molecule has 0 saturated heterocycles. The number of hydrogen-bond acceptors (Lipinski definition) is 2. The van der Waals surface area contributed by atoms with Crippen LogP contribution >= 0.6 is 0 Å². The number of fused-ring (bicyclic) bond motifs is 1. The Morgan fingerprint density at radius 3 is 2.59 bits per heavy atom. The molecule has 0 unspecified atom stereocenters. The van der Waals surface area contributed by atoms with Gasteiger partial charge in [-0.1, -0.05) is 12.1 Å². The van der Waals surface area contributed by atoms with Crippen molar-refractivity contribution in [2.24, 2.45) is 0 Å². The predicted octanol–water partition coefficient (Wildman–Crippen LogP) is 2.94. The van der Waals surface area contributed by atoms with Crippen molar-refractivity contribution >= 4 is 17.3 Å². The largest absolute Gasteiger partial charge is 0.481 e. The van der Waals surface area contributed by atoms with Gasteiger partial charge in [-0.15, -0.1) is 0 Å². The predicted molar refractivity (Wildman–Crippen MR) is 78.6 cm³/mol. The first kappa shape index (κ1) is 14.0. The van der Waals surface area contributed by atoms with E-state index in [2.05, 4.69) is 0 Å². The van der Waals surface area contributed by atoms with Crippen LogP contribution in [0.3, 0.4) is 0 Å². The minimum Gasteiger partial charge on any atom is -0.481 e. The van der Waals surface area contributed by atoms with Gasteiger partial charge in [0.05, 0.1) is 17.7 Å². The van der Waals surface area contributed by atoms with Gasteiger partial charge in [-0.2, -0.15) is 0 Å². The van der Waals surface area contributed by atoms with Crippen LogP contribution in [0.5, 0.6) is 0 Å². The zero-order chi connectivity index (χ0) is 15.7. The van der Waals surface area contributed by atoms with Crippen LogP contribution in [-0.2, 0) is 11.2 Å². The molecule has 0 radical (unpaired) electrons. The zero-order valence-corrected chi connectivity index (χ0v) is 11.5. The minimum absolute atomic E-state index is 0.0371. The van der Waals surface area contributed by atoms with E-state index in [1.807, 2.05) is 0 Å². The van der Waals surface area contributed by atoms with Crippen molar-refractivity contribution in [1.82, 2.24) is 4.40 Å². The van der Waals surface area contributed by atoms with Gasteiger partial charge in [0, 0.05) is 11.7 Å². The molecule has 2 heterocycles. The number of nitrogens with zero attached hydrogens (tertiary/aromatic N) is 1. The van der Waals surface area contributed by atoms with Crippen LogP contribution in [0, 0.1) is 5.82 Å². The van der Waals surface area contributed by atoms with E-state index < -0.39 is 17.6 Å². The first-order chi connectivity index (χ1) is 10.6. The molecule has 5 heteroatoms. The smallest absolute Gasteiger partial charge is 0.307 e. The fraction of sp³-hybridized carbons (Fsp3) is 0.0588. The van der Waals surface area contributed by atoms with E-state index in [1.54, 1.807) is 34.9 Å². The molecule has 22 heavy (non-hydrogen) atoms. The maximum absolute atomic E-state index is 13.8. The molecule has 0 spiro atoms. The van der Waals surface area contributed by atoms with Gasteiger partial charge in [-0.25, -0.2) is 4.39 Å². The van der Waals surface area contributed by atoms with E-state index in [4.69, 9.17) is 5.11 Å². The number of carbonyl (C=O) groups is 2. The number of halogens is 1. The molecule has 2 aromatic heterocycles. The summed E-state index contributed by atoms with van der Waals surface area (Å²) in [5, 5.41) is 8.93. The average Bonchev–Trinajstić information content (AvgIpc) is 2.94. The molecule has 0 atom stereocenters. The Labute approximate surface area is 125 Å². The third-order valence-electron chi connectivity index (χ3n) is 3.40. The Kier molecular flexibility index (Phi) is 3.47. The van der Waals surface area contributed by atoms with Crippen LogP contribution in [0.25, 0.3) is 5.52 Å². The Morgan fingerprint density at radius 1 is 1.09 bits per heavy atom. The molecule has 110 valence electrons. The Morgan fingerprint density at radius 2 is 1.86 bits per heavy atom. The van der Waals surface area contributed by atoms with Gasteiger partial charge in [0.2, 0.25) is 5.78 Å². The van der Waals surface area contributed by atoms with Crippen LogP contribution in [0.1, 0.15) is 21.6 Å². The molecular weight excluding hydrogens is 285 g/mol. The van der Waals surface area contributed by atoms with Gasteiger partial charge in [0.25, 0.3) is 0 Å². The summed E-state index contributed by atoms with van der Waals surface area (Å²) in [5.74, 6) is -2.07. The van der Waals surface area contributed by atoms with E-state index >= 15 is 0 Å². The van der Waals surface area contributed by atoms with Crippen LogP contribution < -0.4 is 0 Å². The Hall–Kier alpha value is -2.95. The summed E-state index contributed by atoms with van der Waals surface area (Å²) in [7, 11) is 0. The van der Waals surface area contributed by atoms with E-state index in [1.165, 1.54) is 24.3 Å². The number of aromatic nitrogens is 1. The lowest BCUT2D eigenvalue weighted by Crippen LogP contribution is -2.11. The molecule has 0 aliphatic carbocycles. The summed E-state index contributed by atoms with van der Waals surface area (Å²) >= 11 is 0. The first-order valence-corrected chi connectivity index (χ1v) is 6.67. The van der Waals surface area contributed by atoms with Crippen molar-refractivity contribution in [3.63, 3.8) is 0 Å². The summed E-state index contributed by atoms with van der Waals surface area (Å²) in [6, 6.07) is 12.4. The molecule has 0 bridgehead atoms. The fourth-order valence-electron chi connectivity index (χ4n) is 2.44. The van der Waals surface area contributed by atoms with Crippen molar-refractivity contribution in [2.45, 2.75) is 6.42 Å². The van der Waals surface area contributed by atoms with Gasteiger partial charge in [-0.3, -0.25) is 9.59 Å². The molecular formula is C17H12FNO3. The lowest BCUT2D eigenvalue weighted by atomic mass is 10.0. The van der Waals surface area contributed by atoms with Crippen LogP contribution in [0.2, 0.25) is 0 Å². The quantitative estimate of drug-likeness (QED) is 0.753. The number of aliphatic carboxylic acids is 1. The number of rotatable bonds is 4. The highest BCUT2D eigenvalue weighted by atomic mass is 19.1. The number of carbonyl (C=O) groups excluding carboxylic acids is 1. The van der Waals surface area contributed by atoms with Crippen LogP contribution in [0.4, 0.5) is 4.39 Å². The summed E-state index contributed by atoms with van der Waals surface area (Å²) < 4.78 is 15.5. The third-order valence-corrected chi connectivity index (χ3v) is 3.40. The molecule has 0 aliphatic heterocycles. The Balaban J connectivity index is 2.16. The van der Waals surface area contributed by atoms with E-state index in [9.17, 15) is 14.0 Å². The van der Waals surface area contributed by atoms with E-state index in [0.29, 0.717) is 11.1 Å². The SMILES string of the molecule is O=C(O)Cc1cc(C(=O)c2ccccc2F)n2cccc2c1. The fourth-order valence-corrected chi connectivity index (χ4v) is 2.44. The van der Waals surface area contributed by atoms with Crippen LogP contribution in [-0.4, -0.2) is 21.3 Å².